The van der Waals surface area contributed by atoms with E-state index in [9.17, 15) is 0 Å². The van der Waals surface area contributed by atoms with Crippen molar-refractivity contribution in [3.8, 4) is 0 Å². The Hall–Kier alpha value is -0.350. The van der Waals surface area contributed by atoms with Crippen molar-refractivity contribution in [2.45, 2.75) is 44.2 Å². The van der Waals surface area contributed by atoms with Crippen LogP contribution in [-0.2, 0) is 13.5 Å². The van der Waals surface area contributed by atoms with Gasteiger partial charge in [-0.3, -0.25) is 4.68 Å². The van der Waals surface area contributed by atoms with E-state index in [2.05, 4.69) is 26.3 Å². The van der Waals surface area contributed by atoms with E-state index in [1.54, 1.807) is 0 Å². The van der Waals surface area contributed by atoms with Gasteiger partial charge in [0, 0.05) is 18.7 Å². The van der Waals surface area contributed by atoms with Crippen LogP contribution in [0.3, 0.4) is 0 Å². The third-order valence-electron chi connectivity index (χ3n) is 3.36. The number of halogens is 1. The van der Waals surface area contributed by atoms with Crippen LogP contribution in [0.2, 0.25) is 0 Å². The van der Waals surface area contributed by atoms with Crippen LogP contribution in [0.5, 0.6) is 0 Å². The highest BCUT2D eigenvalue weighted by Crippen LogP contribution is 2.35. The van der Waals surface area contributed by atoms with Crippen molar-refractivity contribution >= 4 is 15.9 Å². The van der Waals surface area contributed by atoms with Crippen molar-refractivity contribution < 1.29 is 0 Å². The summed E-state index contributed by atoms with van der Waals surface area (Å²) in [7, 11) is 2.01. The van der Waals surface area contributed by atoms with Gasteiger partial charge >= 0.3 is 0 Å². The second-order valence-electron chi connectivity index (χ2n) is 4.66. The number of aromatic nitrogens is 2. The summed E-state index contributed by atoms with van der Waals surface area (Å²) in [6.07, 6.45) is 6.39. The van der Waals surface area contributed by atoms with Gasteiger partial charge in [0.05, 0.1) is 11.7 Å². The number of rotatable bonds is 2. The lowest BCUT2D eigenvalue weighted by Gasteiger charge is -2.22. The molecule has 1 N–H and O–H groups in total. The molecule has 1 aromatic rings. The van der Waals surface area contributed by atoms with Crippen LogP contribution in [-0.4, -0.2) is 15.8 Å². The normalized spacial score (nSPS) is 25.3. The summed E-state index contributed by atoms with van der Waals surface area (Å²) in [6.45, 7) is 0. The molecule has 0 aromatic carbocycles. The first-order valence-electron chi connectivity index (χ1n) is 5.73. The van der Waals surface area contributed by atoms with Crippen molar-refractivity contribution in [2.24, 2.45) is 7.05 Å². The molecule has 0 spiro atoms. The second-order valence-corrected chi connectivity index (χ2v) is 5.42. The molecule has 0 bridgehead atoms. The highest BCUT2D eigenvalue weighted by Gasteiger charge is 2.31. The van der Waals surface area contributed by atoms with Gasteiger partial charge in [0.25, 0.3) is 0 Å². The Balaban J connectivity index is 1.91. The maximum absolute atomic E-state index is 4.62. The van der Waals surface area contributed by atoms with E-state index in [1.165, 1.54) is 48.0 Å². The molecular formula is C11H16BrN3. The zero-order valence-corrected chi connectivity index (χ0v) is 10.5. The average Bonchev–Trinajstić information content (AvgIpc) is 2.98. The molecule has 4 heteroatoms. The summed E-state index contributed by atoms with van der Waals surface area (Å²) in [6, 6.07) is 1.26. The summed E-state index contributed by atoms with van der Waals surface area (Å²) in [5.41, 5.74) is 2.70. The second kappa shape index (κ2) is 3.59. The largest absolute Gasteiger partial charge is 0.306 e. The monoisotopic (exact) mass is 269 g/mol. The van der Waals surface area contributed by atoms with Crippen LogP contribution in [0, 0.1) is 0 Å². The van der Waals surface area contributed by atoms with Crippen LogP contribution in [0.4, 0.5) is 0 Å². The molecule has 15 heavy (non-hydrogen) atoms. The lowest BCUT2D eigenvalue weighted by atomic mass is 9.94. The molecule has 1 saturated carbocycles. The zero-order valence-electron chi connectivity index (χ0n) is 8.96. The maximum atomic E-state index is 4.62. The molecule has 0 radical (unpaired) electrons. The van der Waals surface area contributed by atoms with Gasteiger partial charge in [-0.15, -0.1) is 0 Å². The minimum absolute atomic E-state index is 0.499. The molecule has 2 aliphatic rings. The highest BCUT2D eigenvalue weighted by atomic mass is 79.9. The Morgan fingerprint density at radius 2 is 2.20 bits per heavy atom. The Kier molecular flexibility index (Phi) is 2.36. The third-order valence-corrected chi connectivity index (χ3v) is 4.36. The van der Waals surface area contributed by atoms with Gasteiger partial charge in [0.2, 0.25) is 0 Å². The smallest absolute Gasteiger partial charge is 0.107 e. The van der Waals surface area contributed by atoms with Crippen LogP contribution in [0.15, 0.2) is 4.60 Å². The van der Waals surface area contributed by atoms with Crippen LogP contribution < -0.4 is 5.32 Å². The summed E-state index contributed by atoms with van der Waals surface area (Å²) >= 11 is 3.62. The lowest BCUT2D eigenvalue weighted by molar-refractivity contribution is 0.445. The van der Waals surface area contributed by atoms with E-state index in [1.807, 2.05) is 11.7 Å². The average molecular weight is 270 g/mol. The predicted molar refractivity (Wildman–Crippen MR) is 62.7 cm³/mol. The number of nitrogens with one attached hydrogen (secondary N) is 1. The Morgan fingerprint density at radius 1 is 1.40 bits per heavy atom. The van der Waals surface area contributed by atoms with E-state index in [-0.39, 0.29) is 0 Å². The fraction of sp³-hybridized carbons (Fsp3) is 0.727. The fourth-order valence-corrected chi connectivity index (χ4v) is 2.88. The Bertz CT molecular complexity index is 381. The number of hydrogen-bond donors (Lipinski definition) is 1. The first-order chi connectivity index (χ1) is 7.25. The molecule has 1 unspecified atom stereocenters. The standard InChI is InChI=1S/C11H16BrN3/c1-15-11(12)8-3-2-4-9(10(8)14-15)13-7-5-6-7/h7,9,13H,2-6H2,1H3. The van der Waals surface area contributed by atoms with Crippen molar-refractivity contribution in [2.75, 3.05) is 0 Å². The summed E-state index contributed by atoms with van der Waals surface area (Å²) in [5.74, 6) is 0. The minimum Gasteiger partial charge on any atom is -0.306 e. The van der Waals surface area contributed by atoms with E-state index in [0.717, 1.165) is 6.04 Å². The SMILES string of the molecule is Cn1nc2c(c1Br)CCCC2NC1CC1. The number of aryl methyl sites for hydroxylation is 1. The van der Waals surface area contributed by atoms with Gasteiger partial charge < -0.3 is 5.32 Å². The van der Waals surface area contributed by atoms with E-state index in [0.29, 0.717) is 6.04 Å². The van der Waals surface area contributed by atoms with Crippen LogP contribution >= 0.6 is 15.9 Å². The van der Waals surface area contributed by atoms with Crippen molar-refractivity contribution in [1.29, 1.82) is 0 Å². The van der Waals surface area contributed by atoms with E-state index >= 15 is 0 Å². The third kappa shape index (κ3) is 1.74. The minimum atomic E-state index is 0.499. The molecule has 82 valence electrons. The van der Waals surface area contributed by atoms with E-state index < -0.39 is 0 Å². The number of nitrogens with zero attached hydrogens (tertiary/aromatic N) is 2. The fourth-order valence-electron chi connectivity index (χ4n) is 2.39. The number of hydrogen-bond acceptors (Lipinski definition) is 2. The lowest BCUT2D eigenvalue weighted by Crippen LogP contribution is -2.27. The quantitative estimate of drug-likeness (QED) is 0.893. The topological polar surface area (TPSA) is 29.9 Å². The van der Waals surface area contributed by atoms with E-state index in [4.69, 9.17) is 0 Å². The Labute approximate surface area is 98.4 Å². The van der Waals surface area contributed by atoms with Crippen molar-refractivity contribution in [3.63, 3.8) is 0 Å². The van der Waals surface area contributed by atoms with Crippen LogP contribution in [0.25, 0.3) is 0 Å². The van der Waals surface area contributed by atoms with Gasteiger partial charge in [-0.25, -0.2) is 0 Å². The summed E-state index contributed by atoms with van der Waals surface area (Å²) in [4.78, 5) is 0. The van der Waals surface area contributed by atoms with Crippen molar-refractivity contribution in [1.82, 2.24) is 15.1 Å². The highest BCUT2D eigenvalue weighted by molar-refractivity contribution is 9.10. The molecule has 0 aliphatic heterocycles. The van der Waals surface area contributed by atoms with Gasteiger partial charge in [-0.2, -0.15) is 5.10 Å². The molecule has 1 aromatic heterocycles. The predicted octanol–water partition coefficient (Wildman–Crippen LogP) is 2.31. The number of fused-ring (bicyclic) bond motifs is 1. The van der Waals surface area contributed by atoms with Gasteiger partial charge in [0.1, 0.15) is 4.60 Å². The maximum Gasteiger partial charge on any atom is 0.107 e. The zero-order chi connectivity index (χ0) is 10.4. The van der Waals surface area contributed by atoms with Gasteiger partial charge in [-0.1, -0.05) is 0 Å². The first kappa shape index (κ1) is 9.85. The molecule has 3 nitrogen and oxygen atoms in total. The first-order valence-corrected chi connectivity index (χ1v) is 6.52. The molecular weight excluding hydrogens is 254 g/mol. The molecule has 2 aliphatic carbocycles. The Morgan fingerprint density at radius 3 is 2.93 bits per heavy atom. The summed E-state index contributed by atoms with van der Waals surface area (Å²) < 4.78 is 3.12. The van der Waals surface area contributed by atoms with Gasteiger partial charge in [-0.05, 0) is 48.0 Å². The van der Waals surface area contributed by atoms with Crippen molar-refractivity contribution in [3.05, 3.63) is 15.9 Å². The van der Waals surface area contributed by atoms with Gasteiger partial charge in [0.15, 0.2) is 0 Å². The summed E-state index contributed by atoms with van der Waals surface area (Å²) in [5, 5.41) is 8.31. The molecule has 0 saturated heterocycles. The molecule has 3 rings (SSSR count). The molecule has 1 heterocycles. The molecule has 0 amide bonds. The molecule has 1 fully saturated rings. The molecule has 1 atom stereocenters. The van der Waals surface area contributed by atoms with Crippen LogP contribution in [0.1, 0.15) is 43.0 Å².